The van der Waals surface area contributed by atoms with Crippen LogP contribution in [0.3, 0.4) is 0 Å². The quantitative estimate of drug-likeness (QED) is 0.0867. The lowest BCUT2D eigenvalue weighted by molar-refractivity contribution is -0.142. The van der Waals surface area contributed by atoms with Gasteiger partial charge >= 0.3 is 18.0 Å². The third kappa shape index (κ3) is 8.59. The third-order valence-electron chi connectivity index (χ3n) is 6.16. The second-order valence-corrected chi connectivity index (χ2v) is 9.08. The number of nitrogens with one attached hydrogen (secondary N) is 5. The summed E-state index contributed by atoms with van der Waals surface area (Å²) in [5.74, 6) is -3.52. The molecule has 39 heavy (non-hydrogen) atoms. The first-order valence-corrected chi connectivity index (χ1v) is 12.4. The monoisotopic (exact) mass is 536 g/mol. The highest BCUT2D eigenvalue weighted by Crippen LogP contribution is 2.19. The van der Waals surface area contributed by atoms with Gasteiger partial charge in [0.25, 0.3) is 0 Å². The van der Waals surface area contributed by atoms with Gasteiger partial charge in [0, 0.05) is 35.6 Å². The van der Waals surface area contributed by atoms with Crippen LogP contribution in [0, 0.1) is 5.41 Å². The Morgan fingerprint density at radius 2 is 1.67 bits per heavy atom. The van der Waals surface area contributed by atoms with Crippen molar-refractivity contribution >= 4 is 40.6 Å². The molecule has 2 unspecified atom stereocenters. The minimum Gasteiger partial charge on any atom is -0.481 e. The lowest BCUT2D eigenvalue weighted by Crippen LogP contribution is -2.54. The minimum absolute atomic E-state index is 0.000548. The fourth-order valence-electron chi connectivity index (χ4n) is 4.09. The molecule has 1 heterocycles. The van der Waals surface area contributed by atoms with Crippen molar-refractivity contribution in [2.75, 3.05) is 6.54 Å². The van der Waals surface area contributed by atoms with Gasteiger partial charge in [-0.3, -0.25) is 15.0 Å². The number of aromatic nitrogens is 1. The van der Waals surface area contributed by atoms with E-state index in [0.29, 0.717) is 17.5 Å². The Labute approximate surface area is 224 Å². The number of carboxylic acids is 2. The standard InChI is InChI=1S/C27H32N6O6/c28-24(29)17-10-8-16(9-11-17)5-3-4-12-30-27(39)33-21(14-23(34)35)25(36)32-22(26(37)38)13-18-15-31-20-7-2-1-6-19(18)20/h1-2,6-11,15,21-22,31H,3-5,12-14H2,(H3,28,29)(H,32,36)(H,34,35)(H,37,38)(H2,30,33,39). The number of urea groups is 1. The Morgan fingerprint density at radius 1 is 0.949 bits per heavy atom. The van der Waals surface area contributed by atoms with Crippen LogP contribution in [0.4, 0.5) is 4.79 Å². The summed E-state index contributed by atoms with van der Waals surface area (Å²) < 4.78 is 0. The molecule has 0 bridgehead atoms. The molecule has 0 saturated heterocycles. The zero-order chi connectivity index (χ0) is 28.4. The van der Waals surface area contributed by atoms with E-state index < -0.39 is 42.4 Å². The number of fused-ring (bicyclic) bond motifs is 1. The normalized spacial score (nSPS) is 12.3. The van der Waals surface area contributed by atoms with Crippen LogP contribution in [0.5, 0.6) is 0 Å². The number of rotatable bonds is 14. The first-order valence-electron chi connectivity index (χ1n) is 12.4. The molecule has 0 aliphatic rings. The summed E-state index contributed by atoms with van der Waals surface area (Å²) in [4.78, 5) is 51.4. The number of aliphatic carboxylic acids is 2. The molecule has 1 aromatic heterocycles. The number of hydrogen-bond donors (Lipinski definition) is 8. The molecular formula is C27H32N6O6. The molecule has 0 radical (unpaired) electrons. The molecule has 3 amide bonds. The van der Waals surface area contributed by atoms with Crippen molar-refractivity contribution in [3.8, 4) is 0 Å². The van der Waals surface area contributed by atoms with Gasteiger partial charge in [0.2, 0.25) is 5.91 Å². The molecule has 0 fully saturated rings. The van der Waals surface area contributed by atoms with Crippen LogP contribution in [-0.4, -0.2) is 63.5 Å². The van der Waals surface area contributed by atoms with E-state index in [1.165, 1.54) is 0 Å². The highest BCUT2D eigenvalue weighted by molar-refractivity contribution is 5.95. The average Bonchev–Trinajstić information content (AvgIpc) is 3.30. The molecule has 206 valence electrons. The first-order chi connectivity index (χ1) is 18.6. The number of amidine groups is 1. The molecular weight excluding hydrogens is 504 g/mol. The van der Waals surface area contributed by atoms with Crippen molar-refractivity contribution in [2.24, 2.45) is 5.73 Å². The zero-order valence-corrected chi connectivity index (χ0v) is 21.2. The zero-order valence-electron chi connectivity index (χ0n) is 21.2. The topological polar surface area (TPSA) is 210 Å². The molecule has 12 nitrogen and oxygen atoms in total. The fourth-order valence-corrected chi connectivity index (χ4v) is 4.09. The van der Waals surface area contributed by atoms with Gasteiger partial charge in [-0.15, -0.1) is 0 Å². The third-order valence-corrected chi connectivity index (χ3v) is 6.16. The van der Waals surface area contributed by atoms with Crippen LogP contribution in [0.2, 0.25) is 0 Å². The van der Waals surface area contributed by atoms with E-state index in [1.54, 1.807) is 18.3 Å². The molecule has 12 heteroatoms. The van der Waals surface area contributed by atoms with E-state index in [1.807, 2.05) is 36.4 Å². The van der Waals surface area contributed by atoms with E-state index in [9.17, 15) is 29.4 Å². The summed E-state index contributed by atoms with van der Waals surface area (Å²) in [7, 11) is 0. The Hall–Kier alpha value is -4.87. The van der Waals surface area contributed by atoms with Crippen molar-refractivity contribution in [1.82, 2.24) is 20.9 Å². The van der Waals surface area contributed by atoms with Crippen LogP contribution in [-0.2, 0) is 27.2 Å². The van der Waals surface area contributed by atoms with Gasteiger partial charge in [0.15, 0.2) is 0 Å². The Morgan fingerprint density at radius 3 is 2.33 bits per heavy atom. The Kier molecular flexibility index (Phi) is 10.0. The van der Waals surface area contributed by atoms with E-state index >= 15 is 0 Å². The molecule has 9 N–H and O–H groups in total. The molecule has 0 aliphatic heterocycles. The summed E-state index contributed by atoms with van der Waals surface area (Å²) in [5, 5.41) is 34.4. The second-order valence-electron chi connectivity index (χ2n) is 9.08. The summed E-state index contributed by atoms with van der Waals surface area (Å²) in [5.41, 5.74) is 8.64. The minimum atomic E-state index is -1.47. The van der Waals surface area contributed by atoms with Gasteiger partial charge in [0.1, 0.15) is 17.9 Å². The Bertz CT molecular complexity index is 1340. The number of carbonyl (C=O) groups excluding carboxylic acids is 2. The van der Waals surface area contributed by atoms with Gasteiger partial charge in [-0.25, -0.2) is 9.59 Å². The molecule has 2 atom stereocenters. The van der Waals surface area contributed by atoms with Crippen LogP contribution in [0.15, 0.2) is 54.7 Å². The van der Waals surface area contributed by atoms with Crippen molar-refractivity contribution in [1.29, 1.82) is 5.41 Å². The molecule has 2 aromatic carbocycles. The number of H-pyrrole nitrogens is 1. The molecule has 3 rings (SSSR count). The summed E-state index contributed by atoms with van der Waals surface area (Å²) >= 11 is 0. The maximum Gasteiger partial charge on any atom is 0.326 e. The lowest BCUT2D eigenvalue weighted by atomic mass is 10.0. The number of unbranched alkanes of at least 4 members (excludes halogenated alkanes) is 1. The Balaban J connectivity index is 1.50. The average molecular weight is 537 g/mol. The van der Waals surface area contributed by atoms with E-state index in [-0.39, 0.29) is 18.8 Å². The van der Waals surface area contributed by atoms with Crippen molar-refractivity contribution < 1.29 is 29.4 Å². The number of carboxylic acid groups (broad SMARTS) is 2. The van der Waals surface area contributed by atoms with Gasteiger partial charge in [0.05, 0.1) is 6.42 Å². The highest BCUT2D eigenvalue weighted by Gasteiger charge is 2.29. The van der Waals surface area contributed by atoms with Crippen LogP contribution in [0.25, 0.3) is 10.9 Å². The predicted octanol–water partition coefficient (Wildman–Crippen LogP) is 1.73. The SMILES string of the molecule is N=C(N)c1ccc(CCCCNC(=O)NC(CC(=O)O)C(=O)NC(Cc2c[nH]c3ccccc23)C(=O)O)cc1. The molecule has 0 aliphatic carbocycles. The maximum absolute atomic E-state index is 12.8. The van der Waals surface area contributed by atoms with Gasteiger partial charge < -0.3 is 36.9 Å². The summed E-state index contributed by atoms with van der Waals surface area (Å²) in [6, 6.07) is 11.1. The van der Waals surface area contributed by atoms with Crippen molar-refractivity contribution in [2.45, 2.75) is 44.2 Å². The van der Waals surface area contributed by atoms with Crippen LogP contribution >= 0.6 is 0 Å². The van der Waals surface area contributed by atoms with E-state index in [2.05, 4.69) is 20.9 Å². The smallest absolute Gasteiger partial charge is 0.326 e. The number of aryl methyl sites for hydroxylation is 1. The lowest BCUT2D eigenvalue weighted by Gasteiger charge is -2.20. The second kappa shape index (κ2) is 13.6. The van der Waals surface area contributed by atoms with E-state index in [0.717, 1.165) is 29.3 Å². The molecule has 3 aromatic rings. The number of amides is 3. The largest absolute Gasteiger partial charge is 0.481 e. The number of nitrogen functional groups attached to an aromatic ring is 1. The number of nitrogens with two attached hydrogens (primary N) is 1. The van der Waals surface area contributed by atoms with E-state index in [4.69, 9.17) is 11.1 Å². The van der Waals surface area contributed by atoms with Crippen LogP contribution in [0.1, 0.15) is 36.0 Å². The molecule has 0 spiro atoms. The fraction of sp³-hybridized carbons (Fsp3) is 0.296. The number of para-hydroxylation sites is 1. The number of carbonyl (C=O) groups is 4. The summed E-state index contributed by atoms with van der Waals surface area (Å²) in [6.45, 7) is 0.289. The maximum atomic E-state index is 12.8. The van der Waals surface area contributed by atoms with Gasteiger partial charge in [-0.05, 0) is 36.5 Å². The van der Waals surface area contributed by atoms with Crippen LogP contribution < -0.4 is 21.7 Å². The first kappa shape index (κ1) is 28.7. The number of benzene rings is 2. The summed E-state index contributed by atoms with van der Waals surface area (Å²) in [6.07, 6.45) is 3.05. The van der Waals surface area contributed by atoms with Crippen molar-refractivity contribution in [3.05, 3.63) is 71.4 Å². The number of hydrogen-bond acceptors (Lipinski definition) is 5. The predicted molar refractivity (Wildman–Crippen MR) is 145 cm³/mol. The van der Waals surface area contributed by atoms with Crippen molar-refractivity contribution in [3.63, 3.8) is 0 Å². The van der Waals surface area contributed by atoms with Gasteiger partial charge in [-0.2, -0.15) is 0 Å². The number of aromatic amines is 1. The van der Waals surface area contributed by atoms with Gasteiger partial charge in [-0.1, -0.05) is 42.5 Å². The highest BCUT2D eigenvalue weighted by atomic mass is 16.4. The molecule has 0 saturated carbocycles.